The monoisotopic (exact) mass is 289 g/mol. The second-order valence-corrected chi connectivity index (χ2v) is 5.01. The lowest BCUT2D eigenvalue weighted by molar-refractivity contribution is 0.155. The smallest absolute Gasteiger partial charge is 0.129 e. The predicted molar refractivity (Wildman–Crippen MR) is 80.4 cm³/mol. The Morgan fingerprint density at radius 2 is 1.67 bits per heavy atom. The third-order valence-corrected chi connectivity index (χ3v) is 3.41. The van der Waals surface area contributed by atoms with Crippen LogP contribution in [0.4, 0.5) is 4.39 Å². The van der Waals surface area contributed by atoms with E-state index in [1.54, 1.807) is 18.2 Å². The van der Waals surface area contributed by atoms with Crippen LogP contribution in [0.3, 0.4) is 0 Å². The molecule has 2 aromatic carbocycles. The van der Waals surface area contributed by atoms with E-state index >= 15 is 0 Å². The Kier molecular flexibility index (Phi) is 5.87. The Labute approximate surface area is 124 Å². The minimum Gasteiger partial charge on any atom is -0.395 e. The van der Waals surface area contributed by atoms with E-state index in [1.807, 2.05) is 30.3 Å². The molecule has 0 heterocycles. The molecular formula is C17H20FNO2. The standard InChI is InChI=1S/C17H20FNO2/c18-16-9-5-4-8-15(16)17(21)11-19-14(12-20)10-13-6-2-1-3-7-13/h1-9,14,17,19-21H,10-12H2. The van der Waals surface area contributed by atoms with Crippen molar-refractivity contribution < 1.29 is 14.6 Å². The second-order valence-electron chi connectivity index (χ2n) is 5.01. The van der Waals surface area contributed by atoms with E-state index in [1.165, 1.54) is 6.07 Å². The molecule has 0 aliphatic rings. The summed E-state index contributed by atoms with van der Waals surface area (Å²) in [6.45, 7) is 0.151. The third-order valence-electron chi connectivity index (χ3n) is 3.41. The van der Waals surface area contributed by atoms with Crippen molar-refractivity contribution >= 4 is 0 Å². The maximum Gasteiger partial charge on any atom is 0.129 e. The van der Waals surface area contributed by atoms with Crippen LogP contribution < -0.4 is 5.32 Å². The molecule has 112 valence electrons. The molecule has 0 saturated heterocycles. The van der Waals surface area contributed by atoms with E-state index < -0.39 is 11.9 Å². The van der Waals surface area contributed by atoms with Crippen LogP contribution in [0.25, 0.3) is 0 Å². The highest BCUT2D eigenvalue weighted by Crippen LogP contribution is 2.16. The van der Waals surface area contributed by atoms with Gasteiger partial charge in [-0.1, -0.05) is 48.5 Å². The molecule has 0 spiro atoms. The molecule has 0 aliphatic carbocycles. The van der Waals surface area contributed by atoms with Crippen LogP contribution in [0.2, 0.25) is 0 Å². The van der Waals surface area contributed by atoms with Crippen molar-refractivity contribution in [1.82, 2.24) is 5.32 Å². The molecule has 0 amide bonds. The van der Waals surface area contributed by atoms with E-state index in [0.29, 0.717) is 6.42 Å². The molecule has 2 rings (SSSR count). The fraction of sp³-hybridized carbons (Fsp3) is 0.294. The zero-order valence-electron chi connectivity index (χ0n) is 11.7. The summed E-state index contributed by atoms with van der Waals surface area (Å²) in [7, 11) is 0. The van der Waals surface area contributed by atoms with Crippen molar-refractivity contribution in [2.45, 2.75) is 18.6 Å². The molecule has 2 unspecified atom stereocenters. The van der Waals surface area contributed by atoms with Crippen LogP contribution in [0.5, 0.6) is 0 Å². The van der Waals surface area contributed by atoms with Crippen molar-refractivity contribution in [2.24, 2.45) is 0 Å². The quantitative estimate of drug-likeness (QED) is 0.731. The Morgan fingerprint density at radius 1 is 1.00 bits per heavy atom. The summed E-state index contributed by atoms with van der Waals surface area (Å²) < 4.78 is 13.6. The van der Waals surface area contributed by atoms with Gasteiger partial charge in [0.1, 0.15) is 5.82 Å². The summed E-state index contributed by atoms with van der Waals surface area (Å²) in [6, 6.07) is 15.8. The fourth-order valence-corrected chi connectivity index (χ4v) is 2.23. The summed E-state index contributed by atoms with van der Waals surface area (Å²) >= 11 is 0. The van der Waals surface area contributed by atoms with Crippen LogP contribution in [-0.2, 0) is 6.42 Å². The van der Waals surface area contributed by atoms with Crippen LogP contribution >= 0.6 is 0 Å². The molecule has 0 radical (unpaired) electrons. The summed E-state index contributed by atoms with van der Waals surface area (Å²) in [5, 5.41) is 22.5. The van der Waals surface area contributed by atoms with Gasteiger partial charge < -0.3 is 15.5 Å². The number of hydrogen-bond donors (Lipinski definition) is 3. The highest BCUT2D eigenvalue weighted by molar-refractivity contribution is 5.20. The van der Waals surface area contributed by atoms with E-state index in [-0.39, 0.29) is 24.8 Å². The van der Waals surface area contributed by atoms with Crippen molar-refractivity contribution in [3.63, 3.8) is 0 Å². The van der Waals surface area contributed by atoms with Gasteiger partial charge in [-0.2, -0.15) is 0 Å². The van der Waals surface area contributed by atoms with Crippen molar-refractivity contribution in [1.29, 1.82) is 0 Å². The van der Waals surface area contributed by atoms with Gasteiger partial charge in [0.25, 0.3) is 0 Å². The topological polar surface area (TPSA) is 52.5 Å². The maximum absolute atomic E-state index is 13.6. The number of aliphatic hydroxyl groups excluding tert-OH is 2. The van der Waals surface area contributed by atoms with Gasteiger partial charge in [0, 0.05) is 18.2 Å². The van der Waals surface area contributed by atoms with E-state index in [2.05, 4.69) is 5.32 Å². The molecular weight excluding hydrogens is 269 g/mol. The van der Waals surface area contributed by atoms with Gasteiger partial charge in [-0.25, -0.2) is 4.39 Å². The van der Waals surface area contributed by atoms with Gasteiger partial charge in [0.05, 0.1) is 12.7 Å². The average molecular weight is 289 g/mol. The Balaban J connectivity index is 1.90. The molecule has 0 fully saturated rings. The van der Waals surface area contributed by atoms with Crippen molar-refractivity contribution in [2.75, 3.05) is 13.2 Å². The first kappa shape index (κ1) is 15.6. The molecule has 0 aliphatic heterocycles. The summed E-state index contributed by atoms with van der Waals surface area (Å²) in [6.07, 6.45) is -0.280. The minimum absolute atomic E-state index is 0.0428. The SMILES string of the molecule is OCC(Cc1ccccc1)NCC(O)c1ccccc1F. The number of hydrogen-bond acceptors (Lipinski definition) is 3. The lowest BCUT2D eigenvalue weighted by atomic mass is 10.1. The average Bonchev–Trinajstić information content (AvgIpc) is 2.52. The minimum atomic E-state index is -0.934. The first-order valence-corrected chi connectivity index (χ1v) is 7.01. The normalized spacial score (nSPS) is 13.9. The summed E-state index contributed by atoms with van der Waals surface area (Å²) in [4.78, 5) is 0. The maximum atomic E-state index is 13.6. The van der Waals surface area contributed by atoms with Crippen LogP contribution in [0.1, 0.15) is 17.2 Å². The third kappa shape index (κ3) is 4.63. The molecule has 0 aromatic heterocycles. The largest absolute Gasteiger partial charge is 0.395 e. The van der Waals surface area contributed by atoms with Gasteiger partial charge in [-0.05, 0) is 18.1 Å². The van der Waals surface area contributed by atoms with Crippen LogP contribution in [-0.4, -0.2) is 29.4 Å². The van der Waals surface area contributed by atoms with Crippen molar-refractivity contribution in [3.05, 3.63) is 71.5 Å². The van der Waals surface area contributed by atoms with E-state index in [9.17, 15) is 14.6 Å². The molecule has 0 saturated carbocycles. The molecule has 3 N–H and O–H groups in total. The Bertz CT molecular complexity index is 547. The van der Waals surface area contributed by atoms with Crippen LogP contribution in [0, 0.1) is 5.82 Å². The lowest BCUT2D eigenvalue weighted by Crippen LogP contribution is -2.37. The zero-order valence-corrected chi connectivity index (χ0v) is 11.7. The number of benzene rings is 2. The number of nitrogens with one attached hydrogen (secondary N) is 1. The van der Waals surface area contributed by atoms with Gasteiger partial charge >= 0.3 is 0 Å². The molecule has 2 atom stereocenters. The first-order chi connectivity index (χ1) is 10.2. The van der Waals surface area contributed by atoms with Crippen molar-refractivity contribution in [3.8, 4) is 0 Å². The Morgan fingerprint density at radius 3 is 2.33 bits per heavy atom. The van der Waals surface area contributed by atoms with E-state index in [4.69, 9.17) is 0 Å². The highest BCUT2D eigenvalue weighted by atomic mass is 19.1. The summed E-state index contributed by atoms with van der Waals surface area (Å²) in [5.41, 5.74) is 1.37. The Hall–Kier alpha value is -1.75. The first-order valence-electron chi connectivity index (χ1n) is 7.01. The zero-order chi connectivity index (χ0) is 15.1. The molecule has 21 heavy (non-hydrogen) atoms. The predicted octanol–water partition coefficient (Wildman–Crippen LogP) is 2.05. The second kappa shape index (κ2) is 7.88. The number of rotatable bonds is 7. The van der Waals surface area contributed by atoms with E-state index in [0.717, 1.165) is 5.56 Å². The molecule has 0 bridgehead atoms. The molecule has 4 heteroatoms. The van der Waals surface area contributed by atoms with Gasteiger partial charge in [0.15, 0.2) is 0 Å². The van der Waals surface area contributed by atoms with Gasteiger partial charge in [0.2, 0.25) is 0 Å². The molecule has 3 nitrogen and oxygen atoms in total. The lowest BCUT2D eigenvalue weighted by Gasteiger charge is -2.19. The van der Waals surface area contributed by atoms with Gasteiger partial charge in [-0.3, -0.25) is 0 Å². The molecule has 2 aromatic rings. The highest BCUT2D eigenvalue weighted by Gasteiger charge is 2.14. The fourth-order valence-electron chi connectivity index (χ4n) is 2.23. The number of aliphatic hydroxyl groups is 2. The number of halogens is 1. The van der Waals surface area contributed by atoms with Gasteiger partial charge in [-0.15, -0.1) is 0 Å². The van der Waals surface area contributed by atoms with Crippen LogP contribution in [0.15, 0.2) is 54.6 Å². The summed E-state index contributed by atoms with van der Waals surface area (Å²) in [5.74, 6) is -0.421.